The number of aliphatic hydroxyl groups is 1. The van der Waals surface area contributed by atoms with E-state index in [2.05, 4.69) is 15.6 Å². The molecule has 1 fully saturated rings. The molecule has 3 N–H and O–H groups in total. The zero-order chi connectivity index (χ0) is 21.3. The molecule has 1 aromatic carbocycles. The number of hydrogen-bond donors (Lipinski definition) is 3. The van der Waals surface area contributed by atoms with E-state index in [1.807, 2.05) is 13.0 Å². The summed E-state index contributed by atoms with van der Waals surface area (Å²) in [5.74, 6) is 1.64. The molecule has 0 amide bonds. The van der Waals surface area contributed by atoms with Crippen molar-refractivity contribution in [2.75, 3.05) is 46.5 Å². The number of likely N-dealkylation sites (tertiary alicyclic amines) is 1. The standard InChI is InChI=1S/C19H29F3N4O3.HI/c1-3-23-18(25-15-6-7-26(12-15)13-19(20,21)22)24-11-14-4-5-16(29-9-8-27)17(10-14)28-2;/h4-5,10,15,27H,3,6-9,11-13H2,1-2H3,(H2,23,24,25);1H. The largest absolute Gasteiger partial charge is 0.493 e. The fourth-order valence-electron chi connectivity index (χ4n) is 3.12. The quantitative estimate of drug-likeness (QED) is 0.251. The van der Waals surface area contributed by atoms with Gasteiger partial charge in [0.25, 0.3) is 0 Å². The summed E-state index contributed by atoms with van der Waals surface area (Å²) in [7, 11) is 1.53. The van der Waals surface area contributed by atoms with Crippen molar-refractivity contribution in [3.05, 3.63) is 23.8 Å². The van der Waals surface area contributed by atoms with Crippen LogP contribution in [0.3, 0.4) is 0 Å². The van der Waals surface area contributed by atoms with Gasteiger partial charge in [-0.25, -0.2) is 4.99 Å². The highest BCUT2D eigenvalue weighted by molar-refractivity contribution is 14.0. The Kier molecular flexibility index (Phi) is 11.6. The molecule has 1 atom stereocenters. The second-order valence-corrected chi connectivity index (χ2v) is 6.73. The predicted octanol–water partition coefficient (Wildman–Crippen LogP) is 2.38. The highest BCUT2D eigenvalue weighted by Gasteiger charge is 2.34. The molecule has 11 heteroatoms. The Morgan fingerprint density at radius 1 is 1.33 bits per heavy atom. The summed E-state index contributed by atoms with van der Waals surface area (Å²) < 4.78 is 48.4. The summed E-state index contributed by atoms with van der Waals surface area (Å²) in [5.41, 5.74) is 0.889. The Balaban J connectivity index is 0.00000450. The van der Waals surface area contributed by atoms with Crippen LogP contribution in [0.2, 0.25) is 0 Å². The molecule has 1 aliphatic rings. The van der Waals surface area contributed by atoms with E-state index >= 15 is 0 Å². The van der Waals surface area contributed by atoms with Gasteiger partial charge >= 0.3 is 6.18 Å². The van der Waals surface area contributed by atoms with Crippen molar-refractivity contribution in [2.45, 2.75) is 32.1 Å². The smallest absolute Gasteiger partial charge is 0.401 e. The molecule has 1 unspecified atom stereocenters. The van der Waals surface area contributed by atoms with Gasteiger partial charge in [0.15, 0.2) is 17.5 Å². The SMILES string of the molecule is CCNC(=NCc1ccc(OCCO)c(OC)c1)NC1CCN(CC(F)(F)F)C1.I. The Morgan fingerprint density at radius 2 is 2.10 bits per heavy atom. The number of methoxy groups -OCH3 is 1. The van der Waals surface area contributed by atoms with Crippen LogP contribution in [0.5, 0.6) is 11.5 Å². The van der Waals surface area contributed by atoms with Crippen LogP contribution in [0.25, 0.3) is 0 Å². The van der Waals surface area contributed by atoms with Crippen LogP contribution >= 0.6 is 24.0 Å². The molecular weight excluding hydrogens is 516 g/mol. The van der Waals surface area contributed by atoms with Gasteiger partial charge in [-0.15, -0.1) is 24.0 Å². The number of aliphatic imine (C=N–C) groups is 1. The van der Waals surface area contributed by atoms with Gasteiger partial charge in [0.05, 0.1) is 26.8 Å². The van der Waals surface area contributed by atoms with Gasteiger partial charge in [0.2, 0.25) is 0 Å². The predicted molar refractivity (Wildman–Crippen MR) is 120 cm³/mol. The van der Waals surface area contributed by atoms with Crippen LogP contribution in [0.1, 0.15) is 18.9 Å². The number of ether oxygens (including phenoxy) is 2. The topological polar surface area (TPSA) is 78.4 Å². The number of benzene rings is 1. The average molecular weight is 546 g/mol. The molecule has 1 heterocycles. The fourth-order valence-corrected chi connectivity index (χ4v) is 3.12. The Labute approximate surface area is 192 Å². The Hall–Kier alpha value is -1.47. The van der Waals surface area contributed by atoms with E-state index in [1.165, 1.54) is 12.0 Å². The van der Waals surface area contributed by atoms with Crippen molar-refractivity contribution in [3.8, 4) is 11.5 Å². The minimum Gasteiger partial charge on any atom is -0.493 e. The van der Waals surface area contributed by atoms with E-state index in [0.717, 1.165) is 5.56 Å². The maximum absolute atomic E-state index is 12.6. The number of hydrogen-bond acceptors (Lipinski definition) is 5. The summed E-state index contributed by atoms with van der Waals surface area (Å²) in [6.45, 7) is 2.87. The van der Waals surface area contributed by atoms with Gasteiger partial charge in [-0.2, -0.15) is 13.2 Å². The minimum absolute atomic E-state index is 0. The molecule has 2 rings (SSSR count). The van der Waals surface area contributed by atoms with E-state index < -0.39 is 12.7 Å². The molecule has 1 saturated heterocycles. The number of nitrogens with one attached hydrogen (secondary N) is 2. The van der Waals surface area contributed by atoms with Crippen molar-refractivity contribution >= 4 is 29.9 Å². The second kappa shape index (κ2) is 13.1. The second-order valence-electron chi connectivity index (χ2n) is 6.73. The van der Waals surface area contributed by atoms with Crippen LogP contribution in [-0.2, 0) is 6.54 Å². The van der Waals surface area contributed by atoms with Crippen LogP contribution in [0.15, 0.2) is 23.2 Å². The molecule has 1 aromatic rings. The van der Waals surface area contributed by atoms with Gasteiger partial charge in [0, 0.05) is 25.7 Å². The third-order valence-electron chi connectivity index (χ3n) is 4.36. The van der Waals surface area contributed by atoms with Crippen molar-refractivity contribution in [1.82, 2.24) is 15.5 Å². The number of aliphatic hydroxyl groups excluding tert-OH is 1. The lowest BCUT2D eigenvalue weighted by Crippen LogP contribution is -2.45. The molecule has 0 aromatic heterocycles. The molecule has 0 spiro atoms. The third-order valence-corrected chi connectivity index (χ3v) is 4.36. The van der Waals surface area contributed by atoms with Crippen molar-refractivity contribution in [2.24, 2.45) is 4.99 Å². The first-order chi connectivity index (χ1) is 13.8. The Morgan fingerprint density at radius 3 is 2.73 bits per heavy atom. The lowest BCUT2D eigenvalue weighted by molar-refractivity contribution is -0.143. The van der Waals surface area contributed by atoms with Crippen molar-refractivity contribution in [3.63, 3.8) is 0 Å². The Bertz CT molecular complexity index is 677. The molecule has 7 nitrogen and oxygen atoms in total. The summed E-state index contributed by atoms with van der Waals surface area (Å²) in [4.78, 5) is 5.93. The highest BCUT2D eigenvalue weighted by atomic mass is 127. The monoisotopic (exact) mass is 546 g/mol. The van der Waals surface area contributed by atoms with E-state index in [4.69, 9.17) is 14.6 Å². The van der Waals surface area contributed by atoms with Crippen LogP contribution in [-0.4, -0.2) is 74.7 Å². The number of guanidine groups is 1. The molecule has 30 heavy (non-hydrogen) atoms. The molecule has 0 bridgehead atoms. The van der Waals surface area contributed by atoms with Crippen LogP contribution in [0, 0.1) is 0 Å². The van der Waals surface area contributed by atoms with Crippen molar-refractivity contribution < 1.29 is 27.8 Å². The lowest BCUT2D eigenvalue weighted by Gasteiger charge is -2.19. The minimum atomic E-state index is -4.18. The number of halogens is 4. The van der Waals surface area contributed by atoms with Crippen LogP contribution in [0.4, 0.5) is 13.2 Å². The average Bonchev–Trinajstić information content (AvgIpc) is 3.09. The van der Waals surface area contributed by atoms with Gasteiger partial charge in [-0.05, 0) is 31.0 Å². The van der Waals surface area contributed by atoms with Gasteiger partial charge < -0.3 is 25.2 Å². The normalized spacial score (nSPS) is 17.4. The van der Waals surface area contributed by atoms with Crippen molar-refractivity contribution in [1.29, 1.82) is 0 Å². The van der Waals surface area contributed by atoms with Crippen LogP contribution < -0.4 is 20.1 Å². The molecule has 0 saturated carbocycles. The fraction of sp³-hybridized carbons (Fsp3) is 0.632. The first kappa shape index (κ1) is 26.6. The third kappa shape index (κ3) is 9.13. The van der Waals surface area contributed by atoms with Gasteiger partial charge in [-0.3, -0.25) is 4.90 Å². The zero-order valence-electron chi connectivity index (χ0n) is 17.2. The first-order valence-corrected chi connectivity index (χ1v) is 9.59. The molecule has 1 aliphatic heterocycles. The summed E-state index contributed by atoms with van der Waals surface area (Å²) in [5, 5.41) is 15.2. The summed E-state index contributed by atoms with van der Waals surface area (Å²) >= 11 is 0. The maximum atomic E-state index is 12.6. The first-order valence-electron chi connectivity index (χ1n) is 9.59. The number of alkyl halides is 3. The highest BCUT2D eigenvalue weighted by Crippen LogP contribution is 2.28. The summed E-state index contributed by atoms with van der Waals surface area (Å²) in [6, 6.07) is 5.33. The molecule has 0 aliphatic carbocycles. The van der Waals surface area contributed by atoms with Gasteiger partial charge in [-0.1, -0.05) is 6.07 Å². The number of rotatable bonds is 9. The number of nitrogens with zero attached hydrogens (tertiary/aromatic N) is 2. The zero-order valence-corrected chi connectivity index (χ0v) is 19.5. The van der Waals surface area contributed by atoms with E-state index in [9.17, 15) is 13.2 Å². The molecule has 0 radical (unpaired) electrons. The van der Waals surface area contributed by atoms with E-state index in [0.29, 0.717) is 50.1 Å². The lowest BCUT2D eigenvalue weighted by atomic mass is 10.2. The van der Waals surface area contributed by atoms with Gasteiger partial charge in [0.1, 0.15) is 6.61 Å². The molecule has 172 valence electrons. The maximum Gasteiger partial charge on any atom is 0.401 e. The summed E-state index contributed by atoms with van der Waals surface area (Å²) in [6.07, 6.45) is -3.55. The molecular formula is C19H30F3IN4O3. The van der Waals surface area contributed by atoms with E-state index in [1.54, 1.807) is 12.1 Å². The van der Waals surface area contributed by atoms with E-state index in [-0.39, 0.29) is 43.2 Å².